The van der Waals surface area contributed by atoms with Gasteiger partial charge in [0.15, 0.2) is 0 Å². The van der Waals surface area contributed by atoms with Crippen LogP contribution in [0.5, 0.6) is 0 Å². The summed E-state index contributed by atoms with van der Waals surface area (Å²) in [6.45, 7) is 6.26. The molecule has 0 radical (unpaired) electrons. The van der Waals surface area contributed by atoms with Crippen LogP contribution in [0.15, 0.2) is 24.3 Å². The maximum absolute atomic E-state index is 11.9. The average molecular weight is 276 g/mol. The molecule has 2 N–H and O–H groups in total. The Morgan fingerprint density at radius 2 is 2.10 bits per heavy atom. The van der Waals surface area contributed by atoms with E-state index < -0.39 is 5.60 Å². The number of likely N-dealkylation sites (tertiary alicyclic amines) is 1. The van der Waals surface area contributed by atoms with Gasteiger partial charge in [-0.05, 0) is 38.8 Å². The van der Waals surface area contributed by atoms with E-state index in [1.54, 1.807) is 0 Å². The molecule has 1 amide bonds. The van der Waals surface area contributed by atoms with Crippen LogP contribution < -0.4 is 5.32 Å². The van der Waals surface area contributed by atoms with Gasteiger partial charge in [-0.15, -0.1) is 0 Å². The molecule has 20 heavy (non-hydrogen) atoms. The molecule has 1 aromatic rings. The summed E-state index contributed by atoms with van der Waals surface area (Å²) in [6.07, 6.45) is 1.76. The Bertz CT molecular complexity index is 454. The molecule has 1 fully saturated rings. The minimum absolute atomic E-state index is 0.0169. The van der Waals surface area contributed by atoms with E-state index in [-0.39, 0.29) is 5.91 Å². The molecule has 110 valence electrons. The van der Waals surface area contributed by atoms with Crippen LogP contribution in [0.4, 0.5) is 0 Å². The van der Waals surface area contributed by atoms with Gasteiger partial charge in [-0.1, -0.05) is 29.8 Å². The van der Waals surface area contributed by atoms with Gasteiger partial charge < -0.3 is 10.4 Å². The molecule has 1 atom stereocenters. The molecular formula is C16H24N2O2. The third kappa shape index (κ3) is 4.62. The molecule has 0 bridgehead atoms. The van der Waals surface area contributed by atoms with E-state index in [1.165, 1.54) is 5.56 Å². The maximum Gasteiger partial charge on any atom is 0.234 e. The highest BCUT2D eigenvalue weighted by molar-refractivity contribution is 5.78. The largest absolute Gasteiger partial charge is 0.389 e. The predicted molar refractivity (Wildman–Crippen MR) is 79.3 cm³/mol. The molecular weight excluding hydrogens is 252 g/mol. The molecule has 1 aliphatic heterocycles. The van der Waals surface area contributed by atoms with Gasteiger partial charge in [-0.25, -0.2) is 0 Å². The average Bonchev–Trinajstić information content (AvgIpc) is 2.37. The lowest BCUT2D eigenvalue weighted by Gasteiger charge is -2.36. The number of aliphatic hydroxyl groups is 1. The fourth-order valence-corrected chi connectivity index (χ4v) is 2.62. The van der Waals surface area contributed by atoms with Gasteiger partial charge in [0.2, 0.25) is 5.91 Å². The number of amides is 1. The Morgan fingerprint density at radius 3 is 2.75 bits per heavy atom. The molecule has 0 spiro atoms. The van der Waals surface area contributed by atoms with Crippen molar-refractivity contribution in [3.8, 4) is 0 Å². The fourth-order valence-electron chi connectivity index (χ4n) is 2.62. The van der Waals surface area contributed by atoms with E-state index in [0.717, 1.165) is 24.9 Å². The number of carbonyl (C=O) groups is 1. The standard InChI is InChI=1S/C16H24N2O2/c1-13-4-6-14(7-5-13)10-17-15(19)11-18-9-3-8-16(2,20)12-18/h4-7,20H,3,8-12H2,1-2H3,(H,17,19). The van der Waals surface area contributed by atoms with Crippen molar-refractivity contribution in [3.05, 3.63) is 35.4 Å². The fraction of sp³-hybridized carbons (Fsp3) is 0.562. The first-order valence-corrected chi connectivity index (χ1v) is 7.22. The van der Waals surface area contributed by atoms with Crippen LogP contribution in [0.3, 0.4) is 0 Å². The minimum atomic E-state index is -0.657. The Hall–Kier alpha value is -1.39. The molecule has 0 aromatic heterocycles. The molecule has 1 saturated heterocycles. The first-order valence-electron chi connectivity index (χ1n) is 7.22. The number of piperidine rings is 1. The van der Waals surface area contributed by atoms with Crippen molar-refractivity contribution < 1.29 is 9.90 Å². The zero-order valence-corrected chi connectivity index (χ0v) is 12.4. The third-order valence-corrected chi connectivity index (χ3v) is 3.73. The summed E-state index contributed by atoms with van der Waals surface area (Å²) in [6, 6.07) is 8.15. The summed E-state index contributed by atoms with van der Waals surface area (Å²) < 4.78 is 0. The zero-order valence-electron chi connectivity index (χ0n) is 12.4. The lowest BCUT2D eigenvalue weighted by atomic mass is 9.95. The Morgan fingerprint density at radius 1 is 1.40 bits per heavy atom. The highest BCUT2D eigenvalue weighted by Gasteiger charge is 2.28. The van der Waals surface area contributed by atoms with Crippen molar-refractivity contribution in [2.24, 2.45) is 0 Å². The van der Waals surface area contributed by atoms with Gasteiger partial charge in [-0.2, -0.15) is 0 Å². The van der Waals surface area contributed by atoms with Crippen molar-refractivity contribution in [2.75, 3.05) is 19.6 Å². The molecule has 2 rings (SSSR count). The molecule has 1 heterocycles. The van der Waals surface area contributed by atoms with Gasteiger partial charge in [0.25, 0.3) is 0 Å². The van der Waals surface area contributed by atoms with Crippen LogP contribution in [-0.4, -0.2) is 41.1 Å². The van der Waals surface area contributed by atoms with Crippen molar-refractivity contribution in [1.29, 1.82) is 0 Å². The molecule has 0 aliphatic carbocycles. The molecule has 1 aliphatic rings. The van der Waals surface area contributed by atoms with Crippen LogP contribution >= 0.6 is 0 Å². The monoisotopic (exact) mass is 276 g/mol. The third-order valence-electron chi connectivity index (χ3n) is 3.73. The summed E-state index contributed by atoms with van der Waals surface area (Å²) in [5.41, 5.74) is 1.67. The number of hydrogen-bond donors (Lipinski definition) is 2. The van der Waals surface area contributed by atoms with Gasteiger partial charge in [0, 0.05) is 13.1 Å². The van der Waals surface area contributed by atoms with E-state index in [4.69, 9.17) is 0 Å². The summed E-state index contributed by atoms with van der Waals surface area (Å²) in [5, 5.41) is 12.9. The van der Waals surface area contributed by atoms with E-state index in [9.17, 15) is 9.90 Å². The van der Waals surface area contributed by atoms with Crippen LogP contribution in [0.25, 0.3) is 0 Å². The number of β-amino-alcohol motifs (C(OH)–C–C–N with tert-alkyl or cyclic N) is 1. The van der Waals surface area contributed by atoms with Crippen LogP contribution in [0, 0.1) is 6.92 Å². The maximum atomic E-state index is 11.9. The Labute approximate surface area is 120 Å². The molecule has 4 nitrogen and oxygen atoms in total. The summed E-state index contributed by atoms with van der Waals surface area (Å²) in [7, 11) is 0. The van der Waals surface area contributed by atoms with Crippen molar-refractivity contribution in [2.45, 2.75) is 38.8 Å². The molecule has 0 saturated carbocycles. The normalized spacial score (nSPS) is 23.6. The highest BCUT2D eigenvalue weighted by Crippen LogP contribution is 2.19. The van der Waals surface area contributed by atoms with Crippen molar-refractivity contribution in [1.82, 2.24) is 10.2 Å². The van der Waals surface area contributed by atoms with Gasteiger partial charge in [0.05, 0.1) is 12.1 Å². The summed E-state index contributed by atoms with van der Waals surface area (Å²) in [5.74, 6) is 0.0169. The lowest BCUT2D eigenvalue weighted by molar-refractivity contribution is -0.123. The lowest BCUT2D eigenvalue weighted by Crippen LogP contribution is -2.49. The van der Waals surface area contributed by atoms with E-state index >= 15 is 0 Å². The summed E-state index contributed by atoms with van der Waals surface area (Å²) in [4.78, 5) is 13.9. The first kappa shape index (κ1) is 15.0. The smallest absolute Gasteiger partial charge is 0.234 e. The zero-order chi connectivity index (χ0) is 14.6. The van der Waals surface area contributed by atoms with E-state index in [1.807, 2.05) is 43.0 Å². The number of hydrogen-bond acceptors (Lipinski definition) is 3. The minimum Gasteiger partial charge on any atom is -0.389 e. The summed E-state index contributed by atoms with van der Waals surface area (Å²) >= 11 is 0. The highest BCUT2D eigenvalue weighted by atomic mass is 16.3. The van der Waals surface area contributed by atoms with Crippen LogP contribution in [-0.2, 0) is 11.3 Å². The number of carbonyl (C=O) groups excluding carboxylic acids is 1. The molecule has 1 unspecified atom stereocenters. The number of benzene rings is 1. The number of aryl methyl sites for hydroxylation is 1. The molecule has 4 heteroatoms. The second kappa shape index (κ2) is 6.37. The predicted octanol–water partition coefficient (Wildman–Crippen LogP) is 1.46. The quantitative estimate of drug-likeness (QED) is 0.875. The second-order valence-corrected chi connectivity index (χ2v) is 6.07. The van der Waals surface area contributed by atoms with Gasteiger partial charge in [0.1, 0.15) is 0 Å². The number of nitrogens with one attached hydrogen (secondary N) is 1. The van der Waals surface area contributed by atoms with Crippen LogP contribution in [0.1, 0.15) is 30.9 Å². The Kier molecular flexibility index (Phi) is 4.78. The van der Waals surface area contributed by atoms with Crippen LogP contribution in [0.2, 0.25) is 0 Å². The number of nitrogens with zero attached hydrogens (tertiary/aromatic N) is 1. The number of rotatable bonds is 4. The SMILES string of the molecule is Cc1ccc(CNC(=O)CN2CCCC(C)(O)C2)cc1. The van der Waals surface area contributed by atoms with Crippen molar-refractivity contribution >= 4 is 5.91 Å². The van der Waals surface area contributed by atoms with E-state index in [2.05, 4.69) is 5.32 Å². The topological polar surface area (TPSA) is 52.6 Å². The second-order valence-electron chi connectivity index (χ2n) is 6.07. The van der Waals surface area contributed by atoms with Crippen molar-refractivity contribution in [3.63, 3.8) is 0 Å². The van der Waals surface area contributed by atoms with Gasteiger partial charge >= 0.3 is 0 Å². The first-order chi connectivity index (χ1) is 9.44. The Balaban J connectivity index is 1.76. The van der Waals surface area contributed by atoms with E-state index in [0.29, 0.717) is 19.6 Å². The van der Waals surface area contributed by atoms with Gasteiger partial charge in [-0.3, -0.25) is 9.69 Å². The molecule has 1 aromatic carbocycles.